The van der Waals surface area contributed by atoms with Gasteiger partial charge in [-0.15, -0.1) is 0 Å². The number of hydroxylamine groups is 1. The molecule has 2 heterocycles. The van der Waals surface area contributed by atoms with Crippen molar-refractivity contribution < 1.29 is 14.4 Å². The van der Waals surface area contributed by atoms with Gasteiger partial charge in [0.1, 0.15) is 11.4 Å². The van der Waals surface area contributed by atoms with E-state index in [1.807, 2.05) is 47.4 Å². The monoisotopic (exact) mass is 365 g/mol. The molecule has 2 aliphatic heterocycles. The largest absolute Gasteiger partial charge is 0.497 e. The number of methoxy groups -OCH3 is 1. The van der Waals surface area contributed by atoms with Gasteiger partial charge < -0.3 is 15.0 Å². The molecule has 6 heteroatoms. The lowest BCUT2D eigenvalue weighted by molar-refractivity contribution is -0.0634. The Balaban J connectivity index is 1.37. The minimum atomic E-state index is -0.349. The topological polar surface area (TPSA) is 62.8 Å². The van der Waals surface area contributed by atoms with E-state index in [9.17, 15) is 4.79 Å². The molecule has 0 aromatic heterocycles. The maximum atomic E-state index is 12.6. The molecule has 1 fully saturated rings. The zero-order valence-corrected chi connectivity index (χ0v) is 15.3. The van der Waals surface area contributed by atoms with Crippen molar-refractivity contribution in [3.8, 4) is 5.75 Å². The van der Waals surface area contributed by atoms with Crippen LogP contribution in [0.2, 0.25) is 0 Å². The highest BCUT2D eigenvalue weighted by Gasteiger charge is 2.39. The molecule has 0 bridgehead atoms. The van der Waals surface area contributed by atoms with E-state index in [4.69, 9.17) is 9.57 Å². The zero-order valence-electron chi connectivity index (χ0n) is 15.3. The second kappa shape index (κ2) is 7.32. The summed E-state index contributed by atoms with van der Waals surface area (Å²) in [5.41, 5.74) is 5.53. The molecule has 140 valence electrons. The maximum absolute atomic E-state index is 12.6. The number of nitrogens with zero attached hydrogens (tertiary/aromatic N) is 1. The Morgan fingerprint density at radius 2 is 1.93 bits per heavy atom. The number of hydrogen-bond donors (Lipinski definition) is 2. The molecule has 2 N–H and O–H groups in total. The van der Waals surface area contributed by atoms with Crippen LogP contribution in [0.5, 0.6) is 5.75 Å². The Morgan fingerprint density at radius 3 is 2.67 bits per heavy atom. The quantitative estimate of drug-likeness (QED) is 0.872. The average Bonchev–Trinajstić information content (AvgIpc) is 3.13. The van der Waals surface area contributed by atoms with Gasteiger partial charge >= 0.3 is 6.03 Å². The summed E-state index contributed by atoms with van der Waals surface area (Å²) in [5.74, 6) is 0.717. The number of ether oxygens (including phenoxy) is 1. The highest BCUT2D eigenvalue weighted by atomic mass is 16.7. The summed E-state index contributed by atoms with van der Waals surface area (Å²) >= 11 is 0. The number of amides is 2. The summed E-state index contributed by atoms with van der Waals surface area (Å²) in [4.78, 5) is 20.3. The minimum absolute atomic E-state index is 0.101. The minimum Gasteiger partial charge on any atom is -0.497 e. The number of carbonyl (C=O) groups is 1. The fourth-order valence-corrected chi connectivity index (χ4v) is 3.48. The van der Waals surface area contributed by atoms with Crippen LogP contribution in [0.15, 0.2) is 60.7 Å². The van der Waals surface area contributed by atoms with Crippen molar-refractivity contribution in [1.29, 1.82) is 0 Å². The van der Waals surface area contributed by atoms with Gasteiger partial charge in [-0.05, 0) is 23.8 Å². The number of piperidine rings is 1. The highest BCUT2D eigenvalue weighted by molar-refractivity contribution is 5.89. The molecule has 0 unspecified atom stereocenters. The van der Waals surface area contributed by atoms with E-state index in [0.29, 0.717) is 13.1 Å². The highest BCUT2D eigenvalue weighted by Crippen LogP contribution is 2.34. The summed E-state index contributed by atoms with van der Waals surface area (Å²) in [6.45, 7) is 1.27. The first-order valence-electron chi connectivity index (χ1n) is 9.10. The van der Waals surface area contributed by atoms with E-state index < -0.39 is 0 Å². The van der Waals surface area contributed by atoms with Crippen molar-refractivity contribution >= 4 is 17.4 Å². The van der Waals surface area contributed by atoms with Gasteiger partial charge in [-0.25, -0.2) is 4.79 Å². The Kier molecular flexibility index (Phi) is 4.73. The lowest BCUT2D eigenvalue weighted by atomic mass is 9.90. The molecule has 1 saturated heterocycles. The van der Waals surface area contributed by atoms with Crippen LogP contribution in [0.1, 0.15) is 18.4 Å². The molecule has 2 aromatic rings. The van der Waals surface area contributed by atoms with Crippen LogP contribution in [-0.4, -0.2) is 36.7 Å². The Morgan fingerprint density at radius 1 is 1.15 bits per heavy atom. The fourth-order valence-electron chi connectivity index (χ4n) is 3.48. The van der Waals surface area contributed by atoms with Crippen LogP contribution >= 0.6 is 0 Å². The van der Waals surface area contributed by atoms with Gasteiger partial charge in [0.05, 0.1) is 12.8 Å². The van der Waals surface area contributed by atoms with Gasteiger partial charge in [0, 0.05) is 37.7 Å². The Hall–Kier alpha value is -2.99. The van der Waals surface area contributed by atoms with E-state index in [1.54, 1.807) is 7.11 Å². The SMILES string of the molecule is COc1cccc(NC(=O)N2CCC3(C=C(c4ccccc4)NO3)CC2)c1. The van der Waals surface area contributed by atoms with Crippen molar-refractivity contribution in [2.24, 2.45) is 0 Å². The van der Waals surface area contributed by atoms with Crippen molar-refractivity contribution in [2.45, 2.75) is 18.4 Å². The van der Waals surface area contributed by atoms with Gasteiger partial charge in [-0.1, -0.05) is 36.4 Å². The third kappa shape index (κ3) is 3.75. The van der Waals surface area contributed by atoms with E-state index in [-0.39, 0.29) is 11.6 Å². The summed E-state index contributed by atoms with van der Waals surface area (Å²) in [6, 6.07) is 17.4. The zero-order chi connectivity index (χ0) is 18.7. The molecule has 2 aromatic carbocycles. The summed E-state index contributed by atoms with van der Waals surface area (Å²) < 4.78 is 5.20. The van der Waals surface area contributed by atoms with E-state index in [1.165, 1.54) is 0 Å². The molecule has 2 aliphatic rings. The lowest BCUT2D eigenvalue weighted by Gasteiger charge is -2.36. The van der Waals surface area contributed by atoms with Crippen molar-refractivity contribution in [3.63, 3.8) is 0 Å². The summed E-state index contributed by atoms with van der Waals surface area (Å²) in [7, 11) is 1.61. The third-order valence-electron chi connectivity index (χ3n) is 5.07. The average molecular weight is 365 g/mol. The van der Waals surface area contributed by atoms with Crippen molar-refractivity contribution in [2.75, 3.05) is 25.5 Å². The first-order valence-corrected chi connectivity index (χ1v) is 9.10. The molecular formula is C21H23N3O3. The molecule has 0 aliphatic carbocycles. The number of rotatable bonds is 3. The second-order valence-electron chi connectivity index (χ2n) is 6.84. The predicted octanol–water partition coefficient (Wildman–Crippen LogP) is 3.64. The summed E-state index contributed by atoms with van der Waals surface area (Å²) in [5, 5.41) is 2.94. The summed E-state index contributed by atoms with van der Waals surface area (Å²) in [6.07, 6.45) is 3.66. The number of carbonyl (C=O) groups excluding carboxylic acids is 1. The molecule has 0 radical (unpaired) electrons. The smallest absolute Gasteiger partial charge is 0.321 e. The number of likely N-dealkylation sites (tertiary alicyclic amines) is 1. The Bertz CT molecular complexity index is 843. The maximum Gasteiger partial charge on any atom is 0.321 e. The molecule has 27 heavy (non-hydrogen) atoms. The van der Waals surface area contributed by atoms with Crippen molar-refractivity contribution in [1.82, 2.24) is 10.4 Å². The normalized spacial score (nSPS) is 18.0. The van der Waals surface area contributed by atoms with Gasteiger partial charge in [0.25, 0.3) is 0 Å². The van der Waals surface area contributed by atoms with Crippen LogP contribution in [0.4, 0.5) is 10.5 Å². The van der Waals surface area contributed by atoms with Crippen LogP contribution < -0.4 is 15.5 Å². The molecule has 1 spiro atoms. The number of nitrogens with one attached hydrogen (secondary N) is 2. The molecule has 6 nitrogen and oxygen atoms in total. The van der Waals surface area contributed by atoms with E-state index >= 15 is 0 Å². The molecular weight excluding hydrogens is 342 g/mol. The van der Waals surface area contributed by atoms with Crippen molar-refractivity contribution in [3.05, 3.63) is 66.2 Å². The third-order valence-corrected chi connectivity index (χ3v) is 5.07. The number of urea groups is 1. The number of benzene rings is 2. The fraction of sp³-hybridized carbons (Fsp3) is 0.286. The van der Waals surface area contributed by atoms with Crippen LogP contribution in [0.25, 0.3) is 5.70 Å². The molecule has 4 rings (SSSR count). The van der Waals surface area contributed by atoms with E-state index in [0.717, 1.165) is 35.5 Å². The molecule has 0 saturated carbocycles. The second-order valence-corrected chi connectivity index (χ2v) is 6.84. The van der Waals surface area contributed by atoms with E-state index in [2.05, 4.69) is 29.0 Å². The first-order chi connectivity index (χ1) is 13.2. The van der Waals surface area contributed by atoms with Gasteiger partial charge in [-0.2, -0.15) is 0 Å². The first kappa shape index (κ1) is 17.4. The number of hydrogen-bond acceptors (Lipinski definition) is 4. The lowest BCUT2D eigenvalue weighted by Crippen LogP contribution is -2.48. The van der Waals surface area contributed by atoms with Crippen LogP contribution in [-0.2, 0) is 4.84 Å². The molecule has 0 atom stereocenters. The predicted molar refractivity (Wildman–Crippen MR) is 104 cm³/mol. The van der Waals surface area contributed by atoms with Gasteiger partial charge in [0.2, 0.25) is 0 Å². The van der Waals surface area contributed by atoms with Crippen LogP contribution in [0.3, 0.4) is 0 Å². The van der Waals surface area contributed by atoms with Gasteiger partial charge in [0.15, 0.2) is 0 Å². The van der Waals surface area contributed by atoms with Crippen LogP contribution in [0, 0.1) is 0 Å². The standard InChI is InChI=1S/C21H23N3O3/c1-26-18-9-5-8-17(14-18)22-20(25)24-12-10-21(11-13-24)15-19(23-27-21)16-6-3-2-4-7-16/h2-9,14-15,23H,10-13H2,1H3,(H,22,25). The number of anilines is 1. The van der Waals surface area contributed by atoms with Gasteiger partial charge in [-0.3, -0.25) is 10.3 Å². The Labute approximate surface area is 158 Å². The molecule has 2 amide bonds.